The minimum absolute atomic E-state index is 0.000538. The molecule has 2 saturated heterocycles. The maximum absolute atomic E-state index is 13.5. The van der Waals surface area contributed by atoms with Crippen LogP contribution in [0.1, 0.15) is 46.4 Å². The lowest BCUT2D eigenvalue weighted by atomic mass is 9.98. The Morgan fingerprint density at radius 2 is 1.15 bits per heavy atom. The molecule has 4 heterocycles. The fourth-order valence-electron chi connectivity index (χ4n) is 5.49. The van der Waals surface area contributed by atoms with E-state index in [-0.39, 0.29) is 11.6 Å². The summed E-state index contributed by atoms with van der Waals surface area (Å²) in [6.07, 6.45) is 3.02. The molecule has 5 heteroatoms. The number of anilines is 2. The van der Waals surface area contributed by atoms with Gasteiger partial charge in [-0.25, -0.2) is 0 Å². The van der Waals surface area contributed by atoms with Gasteiger partial charge in [0.05, 0.1) is 11.4 Å². The van der Waals surface area contributed by atoms with Crippen LogP contribution in [0.25, 0.3) is 0 Å². The molecule has 2 fully saturated rings. The van der Waals surface area contributed by atoms with Gasteiger partial charge in [0.2, 0.25) is 23.0 Å². The zero-order valence-corrected chi connectivity index (χ0v) is 15.0. The summed E-state index contributed by atoms with van der Waals surface area (Å²) in [5.41, 5.74) is 1.18. The highest BCUT2D eigenvalue weighted by Crippen LogP contribution is 2.53. The number of ether oxygens (including phenoxy) is 1. The SMILES string of the molecule is O=C1c2ccccc2N2CCCC12OC12CCCN1c1ccccc1C2=O. The van der Waals surface area contributed by atoms with E-state index >= 15 is 0 Å². The molecule has 0 radical (unpaired) electrons. The molecule has 5 nitrogen and oxygen atoms in total. The van der Waals surface area contributed by atoms with Crippen molar-refractivity contribution in [2.75, 3.05) is 22.9 Å². The quantitative estimate of drug-likeness (QED) is 0.822. The summed E-state index contributed by atoms with van der Waals surface area (Å²) in [5, 5.41) is 0. The molecule has 0 N–H and O–H groups in total. The van der Waals surface area contributed by atoms with Crippen molar-refractivity contribution >= 4 is 22.9 Å². The molecule has 136 valence electrons. The fourth-order valence-corrected chi connectivity index (χ4v) is 5.49. The van der Waals surface area contributed by atoms with Crippen molar-refractivity contribution in [3.63, 3.8) is 0 Å². The summed E-state index contributed by atoms with van der Waals surface area (Å²) >= 11 is 0. The van der Waals surface area contributed by atoms with Crippen molar-refractivity contribution < 1.29 is 14.3 Å². The normalized spacial score (nSPS) is 30.5. The maximum Gasteiger partial charge on any atom is 0.217 e. The van der Waals surface area contributed by atoms with Gasteiger partial charge >= 0.3 is 0 Å². The van der Waals surface area contributed by atoms with Crippen LogP contribution in [0.5, 0.6) is 0 Å². The van der Waals surface area contributed by atoms with E-state index in [0.29, 0.717) is 24.0 Å². The second kappa shape index (κ2) is 4.98. The van der Waals surface area contributed by atoms with E-state index in [1.165, 1.54) is 0 Å². The molecule has 0 spiro atoms. The maximum atomic E-state index is 13.5. The Kier molecular flexibility index (Phi) is 2.84. The Morgan fingerprint density at radius 3 is 1.63 bits per heavy atom. The predicted octanol–water partition coefficient (Wildman–Crippen LogP) is 3.39. The van der Waals surface area contributed by atoms with E-state index in [1.807, 2.05) is 48.5 Å². The number of hydrogen-bond acceptors (Lipinski definition) is 5. The summed E-state index contributed by atoms with van der Waals surface area (Å²) in [6.45, 7) is 1.56. The number of carbonyl (C=O) groups excluding carboxylic acids is 2. The van der Waals surface area contributed by atoms with E-state index in [9.17, 15) is 9.59 Å². The molecule has 2 aromatic carbocycles. The van der Waals surface area contributed by atoms with Gasteiger partial charge in [-0.2, -0.15) is 0 Å². The highest BCUT2D eigenvalue weighted by molar-refractivity contribution is 6.16. The minimum Gasteiger partial charge on any atom is -0.336 e. The van der Waals surface area contributed by atoms with Crippen LogP contribution in [0.15, 0.2) is 48.5 Å². The molecule has 0 aromatic heterocycles. The largest absolute Gasteiger partial charge is 0.336 e. The highest BCUT2D eigenvalue weighted by atomic mass is 16.6. The zero-order chi connectivity index (χ0) is 18.2. The Morgan fingerprint density at radius 1 is 0.704 bits per heavy atom. The van der Waals surface area contributed by atoms with Gasteiger partial charge in [0, 0.05) is 37.1 Å². The second-order valence-electron chi connectivity index (χ2n) is 7.87. The number of Topliss-reactive ketones (excluding diaryl/α,β-unsaturated/α-hetero) is 2. The number of carbonyl (C=O) groups is 2. The number of fused-ring (bicyclic) bond motifs is 6. The molecule has 0 amide bonds. The zero-order valence-electron chi connectivity index (χ0n) is 15.0. The summed E-state index contributed by atoms with van der Waals surface area (Å²) in [6, 6.07) is 15.4. The van der Waals surface area contributed by atoms with Crippen LogP contribution in [0, 0.1) is 0 Å². The van der Waals surface area contributed by atoms with E-state index in [0.717, 1.165) is 37.3 Å². The number of rotatable bonds is 2. The van der Waals surface area contributed by atoms with Crippen molar-refractivity contribution in [3.8, 4) is 0 Å². The van der Waals surface area contributed by atoms with Gasteiger partial charge in [-0.1, -0.05) is 24.3 Å². The number of nitrogens with zero attached hydrogens (tertiary/aromatic N) is 2. The summed E-state index contributed by atoms with van der Waals surface area (Å²) in [5.74, 6) is 0.00108. The standard InChI is InChI=1S/C22H20N2O3/c25-19-15-7-1-3-9-17(15)23-13-5-11-21(19,23)27-22-12-6-14-24(22)18-10-4-2-8-16(18)20(22)26/h1-4,7-10H,5-6,11-14H2. The van der Waals surface area contributed by atoms with Gasteiger partial charge in [0.15, 0.2) is 0 Å². The number of benzene rings is 2. The van der Waals surface area contributed by atoms with Crippen molar-refractivity contribution in [2.24, 2.45) is 0 Å². The Hall–Kier alpha value is -2.66. The van der Waals surface area contributed by atoms with Gasteiger partial charge in [0.25, 0.3) is 0 Å². The summed E-state index contributed by atoms with van der Waals surface area (Å²) in [7, 11) is 0. The fraction of sp³-hybridized carbons (Fsp3) is 0.364. The third kappa shape index (κ3) is 1.69. The van der Waals surface area contributed by atoms with Gasteiger partial charge < -0.3 is 14.5 Å². The minimum atomic E-state index is -1.05. The van der Waals surface area contributed by atoms with Crippen LogP contribution in [-0.4, -0.2) is 36.1 Å². The molecule has 4 aliphatic rings. The van der Waals surface area contributed by atoms with Crippen LogP contribution in [-0.2, 0) is 4.74 Å². The molecule has 27 heavy (non-hydrogen) atoms. The highest BCUT2D eigenvalue weighted by Gasteiger charge is 2.64. The van der Waals surface area contributed by atoms with Crippen molar-refractivity contribution in [2.45, 2.75) is 37.1 Å². The summed E-state index contributed by atoms with van der Waals surface area (Å²) < 4.78 is 6.74. The molecule has 0 saturated carbocycles. The Bertz CT molecular complexity index is 923. The molecule has 0 bridgehead atoms. The molecule has 2 atom stereocenters. The monoisotopic (exact) mass is 360 g/mol. The van der Waals surface area contributed by atoms with E-state index in [1.54, 1.807) is 0 Å². The van der Waals surface area contributed by atoms with Crippen LogP contribution >= 0.6 is 0 Å². The van der Waals surface area contributed by atoms with E-state index in [2.05, 4.69) is 9.80 Å². The Balaban J connectivity index is 1.48. The topological polar surface area (TPSA) is 49.9 Å². The van der Waals surface area contributed by atoms with Crippen LogP contribution in [0.3, 0.4) is 0 Å². The van der Waals surface area contributed by atoms with Crippen molar-refractivity contribution in [3.05, 3.63) is 59.7 Å². The van der Waals surface area contributed by atoms with E-state index < -0.39 is 11.4 Å². The summed E-state index contributed by atoms with van der Waals surface area (Å²) in [4.78, 5) is 31.1. The first kappa shape index (κ1) is 15.4. The molecular weight excluding hydrogens is 340 g/mol. The third-order valence-corrected chi connectivity index (χ3v) is 6.59. The molecular formula is C22H20N2O3. The first-order valence-corrected chi connectivity index (χ1v) is 9.71. The predicted molar refractivity (Wildman–Crippen MR) is 101 cm³/mol. The van der Waals surface area contributed by atoms with Gasteiger partial charge in [-0.15, -0.1) is 0 Å². The van der Waals surface area contributed by atoms with Crippen LogP contribution < -0.4 is 9.80 Å². The lowest BCUT2D eigenvalue weighted by molar-refractivity contribution is -0.0983. The van der Waals surface area contributed by atoms with Crippen molar-refractivity contribution in [1.29, 1.82) is 0 Å². The molecule has 6 rings (SSSR count). The number of ketones is 2. The molecule has 0 aliphatic carbocycles. The number of para-hydroxylation sites is 2. The van der Waals surface area contributed by atoms with E-state index in [4.69, 9.17) is 4.74 Å². The molecule has 2 unspecified atom stereocenters. The van der Waals surface area contributed by atoms with Gasteiger partial charge in [-0.3, -0.25) is 9.59 Å². The lowest BCUT2D eigenvalue weighted by Gasteiger charge is -2.41. The smallest absolute Gasteiger partial charge is 0.217 e. The average Bonchev–Trinajstić information content (AvgIpc) is 3.41. The molecule has 2 aromatic rings. The number of hydrogen-bond donors (Lipinski definition) is 0. The first-order valence-electron chi connectivity index (χ1n) is 9.71. The van der Waals surface area contributed by atoms with Gasteiger partial charge in [0.1, 0.15) is 0 Å². The van der Waals surface area contributed by atoms with Crippen molar-refractivity contribution in [1.82, 2.24) is 0 Å². The Labute approximate surface area is 157 Å². The van der Waals surface area contributed by atoms with Gasteiger partial charge in [-0.05, 0) is 37.1 Å². The molecule has 4 aliphatic heterocycles. The van der Waals surface area contributed by atoms with Crippen LogP contribution in [0.4, 0.5) is 11.4 Å². The second-order valence-corrected chi connectivity index (χ2v) is 7.87. The lowest BCUT2D eigenvalue weighted by Crippen LogP contribution is -2.60. The average molecular weight is 360 g/mol. The van der Waals surface area contributed by atoms with Crippen LogP contribution in [0.2, 0.25) is 0 Å². The first-order chi connectivity index (χ1) is 13.2. The third-order valence-electron chi connectivity index (χ3n) is 6.59.